The first-order chi connectivity index (χ1) is 7.65. The number of benzene rings is 1. The van der Waals surface area contributed by atoms with Crippen LogP contribution in [0.25, 0.3) is 11.0 Å². The van der Waals surface area contributed by atoms with Gasteiger partial charge in [0.1, 0.15) is 11.7 Å². The first kappa shape index (κ1) is 10.7. The molecule has 2 rings (SSSR count). The van der Waals surface area contributed by atoms with Crippen molar-refractivity contribution >= 4 is 16.9 Å². The van der Waals surface area contributed by atoms with Gasteiger partial charge in [0.05, 0.1) is 17.1 Å². The quantitative estimate of drug-likeness (QED) is 0.609. The van der Waals surface area contributed by atoms with Crippen LogP contribution in [0.4, 0.5) is 0 Å². The molecule has 0 aliphatic carbocycles. The second kappa shape index (κ2) is 3.96. The fourth-order valence-corrected chi connectivity index (χ4v) is 1.92. The Kier molecular flexibility index (Phi) is 2.64. The van der Waals surface area contributed by atoms with E-state index in [1.807, 2.05) is 35.8 Å². The maximum absolute atomic E-state index is 7.55. The molecule has 4 heteroatoms. The molecule has 1 heterocycles. The Balaban J connectivity index is 2.69. The van der Waals surface area contributed by atoms with Gasteiger partial charge in [-0.3, -0.25) is 5.41 Å². The molecule has 0 radical (unpaired) electrons. The van der Waals surface area contributed by atoms with Crippen molar-refractivity contribution in [1.82, 2.24) is 9.55 Å². The topological polar surface area (TPSA) is 67.7 Å². The lowest BCUT2D eigenvalue weighted by atomic mass is 10.2. The molecule has 1 unspecified atom stereocenters. The third-order valence-corrected chi connectivity index (χ3v) is 2.82. The van der Waals surface area contributed by atoms with Crippen LogP contribution < -0.4 is 5.73 Å². The molecule has 2 aromatic rings. The number of imidazole rings is 1. The van der Waals surface area contributed by atoms with Crippen LogP contribution in [0.5, 0.6) is 0 Å². The molecule has 1 aromatic carbocycles. The number of rotatable bonds is 3. The number of nitrogens with one attached hydrogen (secondary N) is 1. The lowest BCUT2D eigenvalue weighted by Gasteiger charge is -2.15. The van der Waals surface area contributed by atoms with Crippen LogP contribution in [0.3, 0.4) is 0 Å². The Morgan fingerprint density at radius 1 is 1.50 bits per heavy atom. The second-order valence-corrected chi connectivity index (χ2v) is 3.87. The van der Waals surface area contributed by atoms with Gasteiger partial charge in [0.25, 0.3) is 0 Å². The number of para-hydroxylation sites is 2. The fraction of sp³-hybridized carbons (Fsp3) is 0.333. The van der Waals surface area contributed by atoms with E-state index in [1.54, 1.807) is 0 Å². The van der Waals surface area contributed by atoms with Crippen molar-refractivity contribution in [1.29, 1.82) is 5.41 Å². The van der Waals surface area contributed by atoms with Gasteiger partial charge in [0.15, 0.2) is 0 Å². The summed E-state index contributed by atoms with van der Waals surface area (Å²) in [7, 11) is 0. The van der Waals surface area contributed by atoms with E-state index in [9.17, 15) is 0 Å². The smallest absolute Gasteiger partial charge is 0.114 e. The normalized spacial score (nSPS) is 12.9. The standard InChI is InChI=1S/C12H16N4/c1-3-11-15-9-6-4-5-7-10(9)16(11)8(2)12(13)14/h4-8H,3H2,1-2H3,(H3,13,14). The maximum Gasteiger partial charge on any atom is 0.114 e. The number of amidine groups is 1. The Labute approximate surface area is 94.6 Å². The van der Waals surface area contributed by atoms with Crippen molar-refractivity contribution in [2.45, 2.75) is 26.3 Å². The molecular formula is C12H16N4. The van der Waals surface area contributed by atoms with Crippen molar-refractivity contribution in [2.75, 3.05) is 0 Å². The van der Waals surface area contributed by atoms with Gasteiger partial charge < -0.3 is 10.3 Å². The molecule has 0 saturated carbocycles. The van der Waals surface area contributed by atoms with Crippen molar-refractivity contribution in [3.8, 4) is 0 Å². The summed E-state index contributed by atoms with van der Waals surface area (Å²) < 4.78 is 2.04. The number of nitrogens with zero attached hydrogens (tertiary/aromatic N) is 2. The molecule has 0 amide bonds. The van der Waals surface area contributed by atoms with Gasteiger partial charge >= 0.3 is 0 Å². The molecule has 0 fully saturated rings. The highest BCUT2D eigenvalue weighted by Gasteiger charge is 2.15. The highest BCUT2D eigenvalue weighted by molar-refractivity contribution is 5.84. The van der Waals surface area contributed by atoms with Crippen LogP contribution >= 0.6 is 0 Å². The Hall–Kier alpha value is -1.84. The third kappa shape index (κ3) is 1.56. The second-order valence-electron chi connectivity index (χ2n) is 3.87. The van der Waals surface area contributed by atoms with E-state index in [0.29, 0.717) is 0 Å². The summed E-state index contributed by atoms with van der Waals surface area (Å²) in [5.41, 5.74) is 7.59. The Morgan fingerprint density at radius 2 is 2.19 bits per heavy atom. The number of hydrogen-bond acceptors (Lipinski definition) is 2. The summed E-state index contributed by atoms with van der Waals surface area (Å²) in [5.74, 6) is 1.14. The van der Waals surface area contributed by atoms with Crippen LogP contribution in [0.1, 0.15) is 25.7 Å². The highest BCUT2D eigenvalue weighted by atomic mass is 15.1. The SMILES string of the molecule is CCc1nc2ccccc2n1C(C)C(=N)N. The van der Waals surface area contributed by atoms with Gasteiger partial charge in [-0.25, -0.2) is 4.98 Å². The van der Waals surface area contributed by atoms with Gasteiger partial charge in [-0.1, -0.05) is 19.1 Å². The zero-order valence-electron chi connectivity index (χ0n) is 9.57. The minimum absolute atomic E-state index is 0.137. The molecule has 3 N–H and O–H groups in total. The predicted octanol–water partition coefficient (Wildman–Crippen LogP) is 2.10. The van der Waals surface area contributed by atoms with E-state index >= 15 is 0 Å². The zero-order valence-corrected chi connectivity index (χ0v) is 9.57. The van der Waals surface area contributed by atoms with E-state index in [1.165, 1.54) is 0 Å². The van der Waals surface area contributed by atoms with Gasteiger partial charge in [-0.2, -0.15) is 0 Å². The van der Waals surface area contributed by atoms with E-state index in [-0.39, 0.29) is 11.9 Å². The van der Waals surface area contributed by atoms with E-state index in [2.05, 4.69) is 11.9 Å². The molecule has 0 aliphatic rings. The zero-order chi connectivity index (χ0) is 11.7. The lowest BCUT2D eigenvalue weighted by Crippen LogP contribution is -2.24. The molecular weight excluding hydrogens is 200 g/mol. The number of hydrogen-bond donors (Lipinski definition) is 2. The van der Waals surface area contributed by atoms with Gasteiger partial charge in [-0.15, -0.1) is 0 Å². The van der Waals surface area contributed by atoms with Crippen molar-refractivity contribution in [2.24, 2.45) is 5.73 Å². The summed E-state index contributed by atoms with van der Waals surface area (Å²) in [6.07, 6.45) is 0.840. The maximum atomic E-state index is 7.55. The van der Waals surface area contributed by atoms with Crippen molar-refractivity contribution < 1.29 is 0 Å². The number of nitrogens with two attached hydrogens (primary N) is 1. The number of aromatic nitrogens is 2. The summed E-state index contributed by atoms with van der Waals surface area (Å²) in [6, 6.07) is 7.81. The van der Waals surface area contributed by atoms with Crippen molar-refractivity contribution in [3.63, 3.8) is 0 Å². The van der Waals surface area contributed by atoms with E-state index in [4.69, 9.17) is 11.1 Å². The van der Waals surface area contributed by atoms with Gasteiger partial charge in [-0.05, 0) is 19.1 Å². The molecule has 84 valence electrons. The van der Waals surface area contributed by atoms with Gasteiger partial charge in [0.2, 0.25) is 0 Å². The van der Waals surface area contributed by atoms with E-state index in [0.717, 1.165) is 23.3 Å². The van der Waals surface area contributed by atoms with Crippen LogP contribution in [0.2, 0.25) is 0 Å². The average molecular weight is 216 g/mol. The average Bonchev–Trinajstić information content (AvgIpc) is 2.66. The van der Waals surface area contributed by atoms with Crippen LogP contribution in [0, 0.1) is 5.41 Å². The predicted molar refractivity (Wildman–Crippen MR) is 65.7 cm³/mol. The highest BCUT2D eigenvalue weighted by Crippen LogP contribution is 2.21. The molecule has 0 spiro atoms. The molecule has 16 heavy (non-hydrogen) atoms. The number of aryl methyl sites for hydroxylation is 1. The van der Waals surface area contributed by atoms with Crippen LogP contribution in [0.15, 0.2) is 24.3 Å². The minimum atomic E-state index is -0.137. The van der Waals surface area contributed by atoms with Crippen LogP contribution in [-0.2, 0) is 6.42 Å². The summed E-state index contributed by atoms with van der Waals surface area (Å²) in [6.45, 7) is 3.99. The Morgan fingerprint density at radius 3 is 2.81 bits per heavy atom. The number of fused-ring (bicyclic) bond motifs is 1. The molecule has 0 saturated heterocycles. The largest absolute Gasteiger partial charge is 0.386 e. The van der Waals surface area contributed by atoms with Crippen molar-refractivity contribution in [3.05, 3.63) is 30.1 Å². The first-order valence-electron chi connectivity index (χ1n) is 5.45. The molecule has 1 aromatic heterocycles. The third-order valence-electron chi connectivity index (χ3n) is 2.82. The molecule has 4 nitrogen and oxygen atoms in total. The Bertz CT molecular complexity index is 527. The summed E-state index contributed by atoms with van der Waals surface area (Å²) in [5, 5.41) is 7.55. The van der Waals surface area contributed by atoms with Crippen LogP contribution in [-0.4, -0.2) is 15.4 Å². The molecule has 1 atom stereocenters. The fourth-order valence-electron chi connectivity index (χ4n) is 1.92. The summed E-state index contributed by atoms with van der Waals surface area (Å²) >= 11 is 0. The van der Waals surface area contributed by atoms with Gasteiger partial charge in [0, 0.05) is 6.42 Å². The van der Waals surface area contributed by atoms with E-state index < -0.39 is 0 Å². The molecule has 0 bridgehead atoms. The minimum Gasteiger partial charge on any atom is -0.386 e. The first-order valence-corrected chi connectivity index (χ1v) is 5.45. The summed E-state index contributed by atoms with van der Waals surface area (Å²) in [4.78, 5) is 4.55. The monoisotopic (exact) mass is 216 g/mol. The molecule has 0 aliphatic heterocycles. The lowest BCUT2D eigenvalue weighted by molar-refractivity contribution is 0.664.